The van der Waals surface area contributed by atoms with Crippen molar-refractivity contribution in [3.63, 3.8) is 0 Å². The Bertz CT molecular complexity index is 376. The van der Waals surface area contributed by atoms with Crippen LogP contribution in [0.4, 0.5) is 0 Å². The van der Waals surface area contributed by atoms with Gasteiger partial charge in [0.05, 0.1) is 12.6 Å². The zero-order valence-electron chi connectivity index (χ0n) is 10.7. The van der Waals surface area contributed by atoms with Gasteiger partial charge in [-0.3, -0.25) is 9.63 Å². The molecule has 1 aromatic rings. The van der Waals surface area contributed by atoms with Gasteiger partial charge < -0.3 is 10.8 Å². The van der Waals surface area contributed by atoms with Crippen LogP contribution >= 0.6 is 0 Å². The van der Waals surface area contributed by atoms with E-state index >= 15 is 0 Å². The Morgan fingerprint density at radius 2 is 2.00 bits per heavy atom. The number of nitrogens with one attached hydrogen (secondary N) is 1. The normalized spacial score (nSPS) is 12.4. The summed E-state index contributed by atoms with van der Waals surface area (Å²) in [4.78, 5) is 16.6. The largest absolute Gasteiger partial charge is 0.508 e. The Morgan fingerprint density at radius 1 is 1.39 bits per heavy atom. The van der Waals surface area contributed by atoms with Crippen molar-refractivity contribution >= 4 is 5.91 Å². The van der Waals surface area contributed by atoms with E-state index in [9.17, 15) is 4.79 Å². The fraction of sp³-hybridized carbons (Fsp3) is 0.462. The molecule has 0 heterocycles. The summed E-state index contributed by atoms with van der Waals surface area (Å²) in [5, 5.41) is 9.14. The Hall–Kier alpha value is -1.59. The molecule has 0 unspecified atom stereocenters. The molecule has 1 amide bonds. The van der Waals surface area contributed by atoms with Gasteiger partial charge in [-0.1, -0.05) is 26.0 Å². The van der Waals surface area contributed by atoms with Crippen molar-refractivity contribution in [1.29, 1.82) is 0 Å². The SMILES string of the molecule is CC(C)CONC(=O)[C@H](N)Cc1ccc(O)cc1. The second-order valence-corrected chi connectivity index (χ2v) is 4.65. The summed E-state index contributed by atoms with van der Waals surface area (Å²) in [6.45, 7) is 4.43. The molecule has 1 rings (SSSR count). The highest BCUT2D eigenvalue weighted by atomic mass is 16.7. The highest BCUT2D eigenvalue weighted by Crippen LogP contribution is 2.10. The number of hydrogen-bond donors (Lipinski definition) is 3. The van der Waals surface area contributed by atoms with E-state index < -0.39 is 6.04 Å². The molecule has 4 N–H and O–H groups in total. The summed E-state index contributed by atoms with van der Waals surface area (Å²) in [6, 6.07) is 5.93. The number of nitrogens with two attached hydrogens (primary N) is 1. The molecule has 0 spiro atoms. The molecule has 0 saturated carbocycles. The third-order valence-electron chi connectivity index (χ3n) is 2.32. The van der Waals surface area contributed by atoms with Crippen LogP contribution in [0.5, 0.6) is 5.75 Å². The van der Waals surface area contributed by atoms with Gasteiger partial charge in [0, 0.05) is 0 Å². The molecule has 0 bridgehead atoms. The van der Waals surface area contributed by atoms with E-state index in [1.807, 2.05) is 13.8 Å². The van der Waals surface area contributed by atoms with Crippen LogP contribution in [-0.4, -0.2) is 23.7 Å². The lowest BCUT2D eigenvalue weighted by Gasteiger charge is -2.13. The average Bonchev–Trinajstić information content (AvgIpc) is 2.31. The monoisotopic (exact) mass is 252 g/mol. The van der Waals surface area contributed by atoms with Crippen molar-refractivity contribution < 1.29 is 14.7 Å². The molecular weight excluding hydrogens is 232 g/mol. The van der Waals surface area contributed by atoms with E-state index in [-0.39, 0.29) is 11.7 Å². The number of aromatic hydroxyl groups is 1. The molecule has 0 aromatic heterocycles. The van der Waals surface area contributed by atoms with Gasteiger partial charge in [-0.15, -0.1) is 0 Å². The highest BCUT2D eigenvalue weighted by molar-refractivity contribution is 5.80. The van der Waals surface area contributed by atoms with Crippen LogP contribution in [0, 0.1) is 5.92 Å². The molecule has 0 aliphatic heterocycles. The summed E-state index contributed by atoms with van der Waals surface area (Å²) < 4.78 is 0. The van der Waals surface area contributed by atoms with Gasteiger partial charge in [0.25, 0.3) is 5.91 Å². The lowest BCUT2D eigenvalue weighted by Crippen LogP contribution is -2.42. The van der Waals surface area contributed by atoms with Gasteiger partial charge in [0.2, 0.25) is 0 Å². The first kappa shape index (κ1) is 14.5. The maximum absolute atomic E-state index is 11.6. The van der Waals surface area contributed by atoms with E-state index in [1.54, 1.807) is 24.3 Å². The number of hydrogen-bond acceptors (Lipinski definition) is 4. The number of carbonyl (C=O) groups excluding carboxylic acids is 1. The number of rotatable bonds is 6. The summed E-state index contributed by atoms with van der Waals surface area (Å²) in [6.07, 6.45) is 0.400. The number of phenolic OH excluding ortho intramolecular Hbond substituents is 1. The summed E-state index contributed by atoms with van der Waals surface area (Å²) >= 11 is 0. The molecule has 0 aliphatic carbocycles. The Morgan fingerprint density at radius 3 is 2.56 bits per heavy atom. The van der Waals surface area contributed by atoms with Crippen molar-refractivity contribution in [3.05, 3.63) is 29.8 Å². The maximum atomic E-state index is 11.6. The lowest BCUT2D eigenvalue weighted by molar-refractivity contribution is -0.135. The molecular formula is C13H20N2O3. The molecule has 0 radical (unpaired) electrons. The van der Waals surface area contributed by atoms with Gasteiger partial charge in [0.1, 0.15) is 5.75 Å². The van der Waals surface area contributed by atoms with Crippen molar-refractivity contribution in [2.75, 3.05) is 6.61 Å². The lowest BCUT2D eigenvalue weighted by atomic mass is 10.1. The van der Waals surface area contributed by atoms with Gasteiger partial charge in [0.15, 0.2) is 0 Å². The molecule has 0 fully saturated rings. The predicted molar refractivity (Wildman–Crippen MR) is 68.7 cm³/mol. The third-order valence-corrected chi connectivity index (χ3v) is 2.32. The van der Waals surface area contributed by atoms with Crippen molar-refractivity contribution in [3.8, 4) is 5.75 Å². The molecule has 1 aromatic carbocycles. The molecule has 5 heteroatoms. The first-order chi connectivity index (χ1) is 8.49. The fourth-order valence-electron chi connectivity index (χ4n) is 1.33. The number of phenols is 1. The quantitative estimate of drug-likeness (QED) is 0.658. The Kier molecular flexibility index (Phi) is 5.61. The minimum Gasteiger partial charge on any atom is -0.508 e. The van der Waals surface area contributed by atoms with E-state index in [2.05, 4.69) is 5.48 Å². The standard InChI is InChI=1S/C13H20N2O3/c1-9(2)8-18-15-13(17)12(14)7-10-3-5-11(16)6-4-10/h3-6,9,12,16H,7-8,14H2,1-2H3,(H,15,17)/t12-/m1/s1. The first-order valence-corrected chi connectivity index (χ1v) is 5.94. The molecule has 100 valence electrons. The van der Waals surface area contributed by atoms with Gasteiger partial charge >= 0.3 is 0 Å². The van der Waals surface area contributed by atoms with E-state index in [0.717, 1.165) is 5.56 Å². The molecule has 0 aliphatic rings. The average molecular weight is 252 g/mol. The second kappa shape index (κ2) is 6.98. The van der Waals surface area contributed by atoms with Crippen LogP contribution < -0.4 is 11.2 Å². The Balaban J connectivity index is 2.37. The van der Waals surface area contributed by atoms with Crippen LogP contribution in [-0.2, 0) is 16.1 Å². The zero-order valence-corrected chi connectivity index (χ0v) is 10.7. The van der Waals surface area contributed by atoms with Crippen molar-refractivity contribution in [1.82, 2.24) is 5.48 Å². The minimum atomic E-state index is -0.665. The molecule has 1 atom stereocenters. The number of amides is 1. The van der Waals surface area contributed by atoms with Crippen LogP contribution in [0.15, 0.2) is 24.3 Å². The number of hydroxylamine groups is 1. The highest BCUT2D eigenvalue weighted by Gasteiger charge is 2.14. The van der Waals surface area contributed by atoms with Crippen LogP contribution in [0.2, 0.25) is 0 Å². The topological polar surface area (TPSA) is 84.6 Å². The van der Waals surface area contributed by atoms with Crippen LogP contribution in [0.3, 0.4) is 0 Å². The molecule has 5 nitrogen and oxygen atoms in total. The smallest absolute Gasteiger partial charge is 0.260 e. The van der Waals surface area contributed by atoms with Gasteiger partial charge in [-0.2, -0.15) is 0 Å². The van der Waals surface area contributed by atoms with Crippen molar-refractivity contribution in [2.24, 2.45) is 11.7 Å². The predicted octanol–water partition coefficient (Wildman–Crippen LogP) is 0.966. The van der Waals surface area contributed by atoms with Crippen LogP contribution in [0.25, 0.3) is 0 Å². The van der Waals surface area contributed by atoms with E-state index in [4.69, 9.17) is 15.7 Å². The Labute approximate surface area is 107 Å². The van der Waals surface area contributed by atoms with Gasteiger partial charge in [-0.05, 0) is 30.0 Å². The summed E-state index contributed by atoms with van der Waals surface area (Å²) in [7, 11) is 0. The third kappa shape index (κ3) is 5.16. The second-order valence-electron chi connectivity index (χ2n) is 4.65. The number of benzene rings is 1. The zero-order chi connectivity index (χ0) is 13.5. The van der Waals surface area contributed by atoms with E-state index in [0.29, 0.717) is 18.9 Å². The molecule has 18 heavy (non-hydrogen) atoms. The first-order valence-electron chi connectivity index (χ1n) is 5.94. The summed E-state index contributed by atoms with van der Waals surface area (Å²) in [5.74, 6) is 0.194. The maximum Gasteiger partial charge on any atom is 0.260 e. The summed E-state index contributed by atoms with van der Waals surface area (Å²) in [5.41, 5.74) is 8.97. The van der Waals surface area contributed by atoms with Crippen molar-refractivity contribution in [2.45, 2.75) is 26.3 Å². The van der Waals surface area contributed by atoms with Gasteiger partial charge in [-0.25, -0.2) is 5.48 Å². The minimum absolute atomic E-state index is 0.192. The van der Waals surface area contributed by atoms with E-state index in [1.165, 1.54) is 0 Å². The fourth-order valence-corrected chi connectivity index (χ4v) is 1.33. The molecule has 0 saturated heterocycles. The number of carbonyl (C=O) groups is 1. The van der Waals surface area contributed by atoms with Crippen LogP contribution in [0.1, 0.15) is 19.4 Å².